The number of anilines is 1. The fraction of sp³-hybridized carbons (Fsp3) is 0.222. The van der Waals surface area contributed by atoms with Gasteiger partial charge >= 0.3 is 12.1 Å². The lowest BCUT2D eigenvalue weighted by molar-refractivity contribution is -0.136. The maximum absolute atomic E-state index is 12.5. The minimum Gasteiger partial charge on any atom is -0.465 e. The first kappa shape index (κ1) is 12.6. The van der Waals surface area contributed by atoms with Crippen molar-refractivity contribution in [2.24, 2.45) is 0 Å². The van der Waals surface area contributed by atoms with Gasteiger partial charge in [0.2, 0.25) is 0 Å². The zero-order valence-corrected chi connectivity index (χ0v) is 8.82. The molecule has 0 spiro atoms. The topological polar surface area (TPSA) is 52.3 Å². The average molecular weight is 254 g/mol. The van der Waals surface area contributed by atoms with Crippen LogP contribution in [0.15, 0.2) is 12.1 Å². The van der Waals surface area contributed by atoms with E-state index in [1.165, 1.54) is 0 Å². The van der Waals surface area contributed by atoms with Crippen LogP contribution in [0, 0.1) is 0 Å². The Kier molecular flexibility index (Phi) is 3.32. The summed E-state index contributed by atoms with van der Waals surface area (Å²) in [6.45, 7) is 0. The lowest BCUT2D eigenvalue weighted by Gasteiger charge is -2.13. The first-order valence-electron chi connectivity index (χ1n) is 4.02. The first-order chi connectivity index (χ1) is 7.27. The van der Waals surface area contributed by atoms with E-state index in [9.17, 15) is 18.0 Å². The lowest BCUT2D eigenvalue weighted by atomic mass is 10.1. The molecule has 7 heteroatoms. The molecule has 3 nitrogen and oxygen atoms in total. The number of hydrogen-bond donors (Lipinski definition) is 1. The van der Waals surface area contributed by atoms with Gasteiger partial charge in [0, 0.05) is 5.02 Å². The van der Waals surface area contributed by atoms with Crippen LogP contribution in [-0.4, -0.2) is 13.1 Å². The highest BCUT2D eigenvalue weighted by Crippen LogP contribution is 2.37. The van der Waals surface area contributed by atoms with Crippen LogP contribution in [0.3, 0.4) is 0 Å². The Bertz CT molecular complexity index is 431. The molecule has 0 bridgehead atoms. The van der Waals surface area contributed by atoms with Crippen LogP contribution in [0.25, 0.3) is 0 Å². The third-order valence-corrected chi connectivity index (χ3v) is 2.07. The Morgan fingerprint density at radius 1 is 1.44 bits per heavy atom. The van der Waals surface area contributed by atoms with Crippen molar-refractivity contribution in [2.45, 2.75) is 6.18 Å². The van der Waals surface area contributed by atoms with Crippen LogP contribution >= 0.6 is 11.6 Å². The predicted octanol–water partition coefficient (Wildman–Crippen LogP) is 2.73. The van der Waals surface area contributed by atoms with E-state index in [0.717, 1.165) is 13.2 Å². The van der Waals surface area contributed by atoms with Crippen molar-refractivity contribution >= 4 is 23.3 Å². The molecule has 0 saturated heterocycles. The molecule has 0 fully saturated rings. The van der Waals surface area contributed by atoms with Gasteiger partial charge in [-0.3, -0.25) is 0 Å². The third-order valence-electron chi connectivity index (χ3n) is 1.86. The number of methoxy groups -OCH3 is 1. The number of nitrogen functional groups attached to an aromatic ring is 1. The number of carbonyl (C=O) groups is 1. The van der Waals surface area contributed by atoms with Crippen molar-refractivity contribution < 1.29 is 22.7 Å². The van der Waals surface area contributed by atoms with Crippen LogP contribution < -0.4 is 5.73 Å². The molecule has 88 valence electrons. The Labute approximate surface area is 93.9 Å². The molecule has 0 amide bonds. The molecule has 2 N–H and O–H groups in total. The Balaban J connectivity index is 3.44. The predicted molar refractivity (Wildman–Crippen MR) is 52.2 cm³/mol. The quantitative estimate of drug-likeness (QED) is 0.618. The van der Waals surface area contributed by atoms with Gasteiger partial charge in [-0.15, -0.1) is 0 Å². The molecule has 0 aliphatic rings. The van der Waals surface area contributed by atoms with Crippen molar-refractivity contribution in [1.82, 2.24) is 0 Å². The average Bonchev–Trinajstić information content (AvgIpc) is 2.18. The van der Waals surface area contributed by atoms with Crippen molar-refractivity contribution in [1.29, 1.82) is 0 Å². The molecule has 0 atom stereocenters. The maximum atomic E-state index is 12.5. The van der Waals surface area contributed by atoms with Crippen molar-refractivity contribution in [3.8, 4) is 0 Å². The molecule has 0 unspecified atom stereocenters. The summed E-state index contributed by atoms with van der Waals surface area (Å²) in [5.41, 5.74) is 2.99. The van der Waals surface area contributed by atoms with Gasteiger partial charge in [0.05, 0.1) is 23.9 Å². The summed E-state index contributed by atoms with van der Waals surface area (Å²) < 4.78 is 41.8. The standard InChI is InChI=1S/C9H7ClF3NO2/c1-16-8(15)5-2-4(10)3-6(7(5)14)9(11,12)13/h2-3H,14H2,1H3. The molecular formula is C9H7ClF3NO2. The van der Waals surface area contributed by atoms with Gasteiger partial charge in [-0.25, -0.2) is 4.79 Å². The number of esters is 1. The minimum atomic E-state index is -4.67. The van der Waals surface area contributed by atoms with Crippen molar-refractivity contribution in [3.63, 3.8) is 0 Å². The molecule has 0 aliphatic carbocycles. The third kappa shape index (κ3) is 2.38. The summed E-state index contributed by atoms with van der Waals surface area (Å²) in [4.78, 5) is 11.1. The summed E-state index contributed by atoms with van der Waals surface area (Å²) in [5.74, 6) is -0.967. The highest BCUT2D eigenvalue weighted by Gasteiger charge is 2.35. The van der Waals surface area contributed by atoms with Crippen LogP contribution in [0.1, 0.15) is 15.9 Å². The second kappa shape index (κ2) is 4.21. The van der Waals surface area contributed by atoms with E-state index in [0.29, 0.717) is 6.07 Å². The van der Waals surface area contributed by atoms with E-state index in [4.69, 9.17) is 17.3 Å². The monoisotopic (exact) mass is 253 g/mol. The molecule has 0 aromatic heterocycles. The second-order valence-electron chi connectivity index (χ2n) is 2.90. The maximum Gasteiger partial charge on any atom is 0.418 e. The number of hydrogen-bond acceptors (Lipinski definition) is 3. The number of carbonyl (C=O) groups excluding carboxylic acids is 1. The summed E-state index contributed by atoms with van der Waals surface area (Å²) in [7, 11) is 1.04. The highest BCUT2D eigenvalue weighted by atomic mass is 35.5. The highest BCUT2D eigenvalue weighted by molar-refractivity contribution is 6.31. The molecule has 0 heterocycles. The van der Waals surface area contributed by atoms with Gasteiger partial charge in [-0.1, -0.05) is 11.6 Å². The molecular weight excluding hydrogens is 247 g/mol. The Morgan fingerprint density at radius 3 is 2.44 bits per heavy atom. The number of ether oxygens (including phenoxy) is 1. The number of rotatable bonds is 1. The van der Waals surface area contributed by atoms with Crippen LogP contribution in [0.4, 0.5) is 18.9 Å². The number of benzene rings is 1. The summed E-state index contributed by atoms with van der Waals surface area (Å²) in [6.07, 6.45) is -4.67. The SMILES string of the molecule is COC(=O)c1cc(Cl)cc(C(F)(F)F)c1N. The largest absolute Gasteiger partial charge is 0.465 e. The van der Waals surface area contributed by atoms with E-state index in [1.807, 2.05) is 0 Å². The number of nitrogens with two attached hydrogens (primary N) is 1. The lowest BCUT2D eigenvalue weighted by Crippen LogP contribution is -2.14. The molecule has 16 heavy (non-hydrogen) atoms. The molecule has 0 saturated carbocycles. The van der Waals surface area contributed by atoms with E-state index in [2.05, 4.69) is 4.74 Å². The Hall–Kier alpha value is -1.43. The summed E-state index contributed by atoms with van der Waals surface area (Å²) >= 11 is 5.47. The van der Waals surface area contributed by atoms with Gasteiger partial charge in [0.25, 0.3) is 0 Å². The molecule has 0 radical (unpaired) electrons. The minimum absolute atomic E-state index is 0.234. The first-order valence-corrected chi connectivity index (χ1v) is 4.39. The van der Waals surface area contributed by atoms with Gasteiger partial charge in [0.15, 0.2) is 0 Å². The fourth-order valence-corrected chi connectivity index (χ4v) is 1.35. The smallest absolute Gasteiger partial charge is 0.418 e. The normalized spacial score (nSPS) is 11.3. The number of halogens is 4. The number of alkyl halides is 3. The zero-order valence-electron chi connectivity index (χ0n) is 8.06. The molecule has 1 rings (SSSR count). The summed E-state index contributed by atoms with van der Waals surface area (Å²) in [5, 5.41) is -0.234. The second-order valence-corrected chi connectivity index (χ2v) is 3.34. The van der Waals surface area contributed by atoms with E-state index >= 15 is 0 Å². The molecule has 0 aliphatic heterocycles. The van der Waals surface area contributed by atoms with Gasteiger partial charge < -0.3 is 10.5 Å². The fourth-order valence-electron chi connectivity index (χ4n) is 1.13. The molecule has 1 aromatic carbocycles. The van der Waals surface area contributed by atoms with Gasteiger partial charge in [0.1, 0.15) is 0 Å². The van der Waals surface area contributed by atoms with Crippen molar-refractivity contribution in [3.05, 3.63) is 28.3 Å². The zero-order chi connectivity index (χ0) is 12.5. The van der Waals surface area contributed by atoms with Crippen LogP contribution in [-0.2, 0) is 10.9 Å². The van der Waals surface area contributed by atoms with E-state index in [-0.39, 0.29) is 5.02 Å². The van der Waals surface area contributed by atoms with Crippen molar-refractivity contribution in [2.75, 3.05) is 12.8 Å². The van der Waals surface area contributed by atoms with Gasteiger partial charge in [-0.05, 0) is 12.1 Å². The van der Waals surface area contributed by atoms with E-state index < -0.39 is 29.0 Å². The van der Waals surface area contributed by atoms with Gasteiger partial charge in [-0.2, -0.15) is 13.2 Å². The van der Waals surface area contributed by atoms with E-state index in [1.54, 1.807) is 0 Å². The summed E-state index contributed by atoms with van der Waals surface area (Å²) in [6, 6.07) is 1.68. The van der Waals surface area contributed by atoms with Crippen LogP contribution in [0.5, 0.6) is 0 Å². The molecule has 1 aromatic rings. The van der Waals surface area contributed by atoms with Crippen LogP contribution in [0.2, 0.25) is 5.02 Å². The Morgan fingerprint density at radius 2 is 2.00 bits per heavy atom.